The number of aryl methyl sites for hydroxylation is 1. The number of hydrogen-bond acceptors (Lipinski definition) is 3. The van der Waals surface area contributed by atoms with Gasteiger partial charge in [-0.1, -0.05) is 0 Å². The Kier molecular flexibility index (Phi) is 4.35. The second-order valence-corrected chi connectivity index (χ2v) is 6.13. The maximum atomic E-state index is 13.8. The van der Waals surface area contributed by atoms with Gasteiger partial charge in [0.25, 0.3) is 0 Å². The quantitative estimate of drug-likeness (QED) is 0.924. The Morgan fingerprint density at radius 2 is 2.15 bits per heavy atom. The van der Waals surface area contributed by atoms with Crippen LogP contribution in [0.1, 0.15) is 43.9 Å². The van der Waals surface area contributed by atoms with Gasteiger partial charge < -0.3 is 15.4 Å². The lowest BCUT2D eigenvalue weighted by molar-refractivity contribution is -0.00469. The summed E-state index contributed by atoms with van der Waals surface area (Å²) < 4.78 is 19.4. The van der Waals surface area contributed by atoms with Crippen LogP contribution in [-0.2, 0) is 4.74 Å². The summed E-state index contributed by atoms with van der Waals surface area (Å²) in [6.45, 7) is 7.59. The zero-order valence-corrected chi connectivity index (χ0v) is 12.9. The number of benzene rings is 1. The molecular weight excluding hydrogens is 255 g/mol. The van der Waals surface area contributed by atoms with E-state index in [2.05, 4.69) is 11.8 Å². The smallest absolute Gasteiger partial charge is 0.126 e. The molecule has 1 aliphatic rings. The number of hydrogen-bond donors (Lipinski definition) is 1. The summed E-state index contributed by atoms with van der Waals surface area (Å²) in [5.74, 6) is -0.187. The molecule has 0 spiro atoms. The van der Waals surface area contributed by atoms with Crippen LogP contribution in [0.25, 0.3) is 0 Å². The molecule has 0 radical (unpaired) electrons. The third-order valence-electron chi connectivity index (χ3n) is 4.29. The van der Waals surface area contributed by atoms with E-state index >= 15 is 0 Å². The number of ether oxygens (including phenoxy) is 1. The number of nitrogens with zero attached hydrogens (tertiary/aromatic N) is 1. The van der Waals surface area contributed by atoms with Gasteiger partial charge >= 0.3 is 0 Å². The fourth-order valence-electron chi connectivity index (χ4n) is 2.90. The van der Waals surface area contributed by atoms with Crippen molar-refractivity contribution in [1.29, 1.82) is 0 Å². The first-order valence-electron chi connectivity index (χ1n) is 7.22. The lowest BCUT2D eigenvalue weighted by atomic mass is 9.93. The van der Waals surface area contributed by atoms with Crippen LogP contribution in [0.3, 0.4) is 0 Å². The molecule has 2 rings (SSSR count). The first-order valence-corrected chi connectivity index (χ1v) is 7.22. The fraction of sp³-hybridized carbons (Fsp3) is 0.625. The van der Waals surface area contributed by atoms with Crippen molar-refractivity contribution in [1.82, 2.24) is 0 Å². The van der Waals surface area contributed by atoms with Gasteiger partial charge in [0, 0.05) is 31.9 Å². The largest absolute Gasteiger partial charge is 0.377 e. The van der Waals surface area contributed by atoms with Gasteiger partial charge in [-0.15, -0.1) is 0 Å². The van der Waals surface area contributed by atoms with Gasteiger partial charge in [0.05, 0.1) is 5.60 Å². The molecule has 0 saturated carbocycles. The van der Waals surface area contributed by atoms with E-state index in [1.807, 2.05) is 13.0 Å². The van der Waals surface area contributed by atoms with Crippen LogP contribution in [0.5, 0.6) is 0 Å². The highest BCUT2D eigenvalue weighted by molar-refractivity contribution is 5.57. The summed E-state index contributed by atoms with van der Waals surface area (Å²) >= 11 is 0. The van der Waals surface area contributed by atoms with Crippen molar-refractivity contribution >= 4 is 5.69 Å². The van der Waals surface area contributed by atoms with E-state index in [0.717, 1.165) is 37.2 Å². The summed E-state index contributed by atoms with van der Waals surface area (Å²) in [6.07, 6.45) is 2.12. The van der Waals surface area contributed by atoms with Gasteiger partial charge in [-0.25, -0.2) is 4.39 Å². The lowest BCUT2D eigenvalue weighted by Crippen LogP contribution is -2.47. The number of anilines is 1. The van der Waals surface area contributed by atoms with Gasteiger partial charge in [-0.3, -0.25) is 0 Å². The Morgan fingerprint density at radius 3 is 2.75 bits per heavy atom. The Morgan fingerprint density at radius 1 is 1.45 bits per heavy atom. The molecule has 0 aromatic heterocycles. The van der Waals surface area contributed by atoms with Crippen molar-refractivity contribution in [3.05, 3.63) is 29.1 Å². The lowest BCUT2D eigenvalue weighted by Gasteiger charge is -2.41. The van der Waals surface area contributed by atoms with Gasteiger partial charge in [-0.2, -0.15) is 0 Å². The van der Waals surface area contributed by atoms with Gasteiger partial charge in [-0.05, 0) is 56.9 Å². The summed E-state index contributed by atoms with van der Waals surface area (Å²) in [7, 11) is 1.76. The number of methoxy groups -OCH3 is 1. The standard InChI is InChI=1S/C16H25FN2O/c1-11-8-15(13(12(2)18)9-14(11)17)19-7-5-6-16(3,10-19)20-4/h8-9,12H,5-7,10,18H2,1-4H3. The van der Waals surface area contributed by atoms with Crippen LogP contribution in [-0.4, -0.2) is 25.8 Å². The van der Waals surface area contributed by atoms with Crippen molar-refractivity contribution in [3.8, 4) is 0 Å². The van der Waals surface area contributed by atoms with Crippen LogP contribution in [0.2, 0.25) is 0 Å². The van der Waals surface area contributed by atoms with E-state index in [0.29, 0.717) is 5.56 Å². The molecule has 20 heavy (non-hydrogen) atoms. The molecule has 3 nitrogen and oxygen atoms in total. The van der Waals surface area contributed by atoms with E-state index in [9.17, 15) is 4.39 Å². The zero-order chi connectivity index (χ0) is 14.9. The summed E-state index contributed by atoms with van der Waals surface area (Å²) in [6, 6.07) is 3.31. The van der Waals surface area contributed by atoms with Gasteiger partial charge in [0.1, 0.15) is 5.82 Å². The summed E-state index contributed by atoms with van der Waals surface area (Å²) in [5.41, 5.74) is 8.45. The number of nitrogens with two attached hydrogens (primary N) is 1. The molecule has 2 unspecified atom stereocenters. The minimum atomic E-state index is -0.187. The molecule has 1 aliphatic heterocycles. The monoisotopic (exact) mass is 280 g/mol. The van der Waals surface area contributed by atoms with E-state index in [1.165, 1.54) is 0 Å². The van der Waals surface area contributed by atoms with Crippen molar-refractivity contribution in [2.45, 2.75) is 45.3 Å². The van der Waals surface area contributed by atoms with Crippen molar-refractivity contribution in [2.24, 2.45) is 5.73 Å². The highest BCUT2D eigenvalue weighted by Gasteiger charge is 2.32. The Balaban J connectivity index is 2.38. The zero-order valence-electron chi connectivity index (χ0n) is 12.9. The Bertz CT molecular complexity index is 490. The summed E-state index contributed by atoms with van der Waals surface area (Å²) in [5, 5.41) is 0. The predicted molar refractivity (Wildman–Crippen MR) is 80.6 cm³/mol. The van der Waals surface area contributed by atoms with Crippen molar-refractivity contribution < 1.29 is 9.13 Å². The molecule has 4 heteroatoms. The van der Waals surface area contributed by atoms with Crippen LogP contribution >= 0.6 is 0 Å². The molecule has 112 valence electrons. The highest BCUT2D eigenvalue weighted by atomic mass is 19.1. The molecule has 1 aromatic rings. The second kappa shape index (κ2) is 5.70. The van der Waals surface area contributed by atoms with E-state index in [1.54, 1.807) is 20.1 Å². The van der Waals surface area contributed by atoms with Gasteiger partial charge in [0.15, 0.2) is 0 Å². The van der Waals surface area contributed by atoms with Crippen LogP contribution in [0.15, 0.2) is 12.1 Å². The molecule has 2 atom stereocenters. The normalized spacial score (nSPS) is 24.8. The highest BCUT2D eigenvalue weighted by Crippen LogP contribution is 2.33. The first kappa shape index (κ1) is 15.3. The van der Waals surface area contributed by atoms with E-state index < -0.39 is 0 Å². The van der Waals surface area contributed by atoms with E-state index in [4.69, 9.17) is 10.5 Å². The molecule has 2 N–H and O–H groups in total. The Labute approximate surface area is 120 Å². The number of halogens is 1. The predicted octanol–water partition coefficient (Wildman–Crippen LogP) is 3.16. The molecule has 1 fully saturated rings. The number of rotatable bonds is 3. The van der Waals surface area contributed by atoms with Crippen LogP contribution in [0.4, 0.5) is 10.1 Å². The third kappa shape index (κ3) is 2.96. The fourth-order valence-corrected chi connectivity index (χ4v) is 2.90. The van der Waals surface area contributed by atoms with Crippen LogP contribution in [0, 0.1) is 12.7 Å². The molecule has 0 aliphatic carbocycles. The maximum absolute atomic E-state index is 13.8. The minimum absolute atomic E-state index is 0.143. The topological polar surface area (TPSA) is 38.5 Å². The minimum Gasteiger partial charge on any atom is -0.377 e. The SMILES string of the molecule is COC1(C)CCCN(c2cc(C)c(F)cc2C(C)N)C1. The van der Waals surface area contributed by atoms with Crippen molar-refractivity contribution in [2.75, 3.05) is 25.1 Å². The third-order valence-corrected chi connectivity index (χ3v) is 4.29. The Hall–Kier alpha value is -1.13. The molecular formula is C16H25FN2O. The maximum Gasteiger partial charge on any atom is 0.126 e. The molecule has 0 bridgehead atoms. The summed E-state index contributed by atoms with van der Waals surface area (Å²) in [4.78, 5) is 2.28. The van der Waals surface area contributed by atoms with E-state index in [-0.39, 0.29) is 17.5 Å². The molecule has 1 saturated heterocycles. The molecule has 1 heterocycles. The average Bonchev–Trinajstić information content (AvgIpc) is 2.41. The second-order valence-electron chi connectivity index (χ2n) is 6.13. The number of piperidine rings is 1. The van der Waals surface area contributed by atoms with Crippen LogP contribution < -0.4 is 10.6 Å². The van der Waals surface area contributed by atoms with Crippen molar-refractivity contribution in [3.63, 3.8) is 0 Å². The average molecular weight is 280 g/mol. The van der Waals surface area contributed by atoms with Gasteiger partial charge in [0.2, 0.25) is 0 Å². The molecule has 1 aromatic carbocycles. The molecule has 0 amide bonds. The first-order chi connectivity index (χ1) is 9.36.